The van der Waals surface area contributed by atoms with E-state index in [1.807, 2.05) is 4.90 Å². The monoisotopic (exact) mass is 254 g/mol. The quantitative estimate of drug-likeness (QED) is 0.831. The van der Waals surface area contributed by atoms with Gasteiger partial charge in [0.05, 0.1) is 6.10 Å². The first-order valence-electron chi connectivity index (χ1n) is 7.22. The maximum Gasteiger partial charge on any atom is 0.251 e. The number of hydrogen-bond acceptors (Lipinski definition) is 3. The first-order chi connectivity index (χ1) is 8.58. The Kier molecular flexibility index (Phi) is 4.28. The van der Waals surface area contributed by atoms with Crippen LogP contribution in [0, 0.1) is 5.41 Å². The van der Waals surface area contributed by atoms with Crippen LogP contribution in [-0.4, -0.2) is 42.6 Å². The molecule has 1 unspecified atom stereocenters. The second-order valence-corrected chi connectivity index (χ2v) is 6.09. The van der Waals surface area contributed by atoms with Crippen molar-refractivity contribution in [1.82, 2.24) is 4.90 Å². The van der Waals surface area contributed by atoms with Gasteiger partial charge < -0.3 is 15.4 Å². The van der Waals surface area contributed by atoms with Crippen molar-refractivity contribution in [2.75, 3.05) is 19.6 Å². The van der Waals surface area contributed by atoms with Gasteiger partial charge in [-0.2, -0.15) is 0 Å². The Morgan fingerprint density at radius 1 is 1.50 bits per heavy atom. The summed E-state index contributed by atoms with van der Waals surface area (Å²) in [5.41, 5.74) is 5.88. The first-order valence-corrected chi connectivity index (χ1v) is 7.22. The molecule has 2 rings (SSSR count). The minimum Gasteiger partial charge on any atom is -0.364 e. The van der Waals surface area contributed by atoms with Gasteiger partial charge in [-0.15, -0.1) is 0 Å². The van der Waals surface area contributed by atoms with Crippen LogP contribution in [0.25, 0.3) is 0 Å². The molecule has 0 aliphatic carbocycles. The average Bonchev–Trinajstić information content (AvgIpc) is 2.86. The fourth-order valence-corrected chi connectivity index (χ4v) is 3.06. The molecule has 18 heavy (non-hydrogen) atoms. The summed E-state index contributed by atoms with van der Waals surface area (Å²) in [5, 5.41) is 0. The first kappa shape index (κ1) is 13.8. The number of amides is 1. The highest BCUT2D eigenvalue weighted by Gasteiger charge is 2.37. The van der Waals surface area contributed by atoms with E-state index in [0.717, 1.165) is 38.8 Å². The summed E-state index contributed by atoms with van der Waals surface area (Å²) < 4.78 is 5.71. The largest absolute Gasteiger partial charge is 0.364 e. The summed E-state index contributed by atoms with van der Waals surface area (Å²) in [4.78, 5) is 14.4. The topological polar surface area (TPSA) is 55.6 Å². The van der Waals surface area contributed by atoms with Gasteiger partial charge in [0.25, 0.3) is 5.91 Å². The molecule has 0 aromatic heterocycles. The maximum atomic E-state index is 12.4. The predicted molar refractivity (Wildman–Crippen MR) is 71.2 cm³/mol. The van der Waals surface area contributed by atoms with Gasteiger partial charge in [0.1, 0.15) is 6.10 Å². The van der Waals surface area contributed by atoms with Gasteiger partial charge in [0, 0.05) is 19.6 Å². The summed E-state index contributed by atoms with van der Waals surface area (Å²) in [5.74, 6) is 0.185. The molecule has 4 heteroatoms. The zero-order chi connectivity index (χ0) is 13.2. The molecule has 2 N–H and O–H groups in total. The third kappa shape index (κ3) is 2.86. The van der Waals surface area contributed by atoms with Crippen molar-refractivity contribution in [3.05, 3.63) is 0 Å². The summed E-state index contributed by atoms with van der Waals surface area (Å²) in [6.45, 7) is 6.79. The number of nitrogens with zero attached hydrogens (tertiary/aromatic N) is 1. The summed E-state index contributed by atoms with van der Waals surface area (Å²) >= 11 is 0. The van der Waals surface area contributed by atoms with Crippen LogP contribution in [0.3, 0.4) is 0 Å². The minimum atomic E-state index is -0.238. The molecule has 1 amide bonds. The molecule has 2 saturated heterocycles. The highest BCUT2D eigenvalue weighted by atomic mass is 16.5. The Hall–Kier alpha value is -0.610. The number of ether oxygens (including phenoxy) is 1. The molecule has 2 fully saturated rings. The second kappa shape index (κ2) is 5.57. The average molecular weight is 254 g/mol. The number of nitrogens with two attached hydrogens (primary N) is 1. The molecule has 0 bridgehead atoms. The van der Waals surface area contributed by atoms with Crippen LogP contribution in [0.2, 0.25) is 0 Å². The van der Waals surface area contributed by atoms with E-state index < -0.39 is 0 Å². The van der Waals surface area contributed by atoms with Gasteiger partial charge >= 0.3 is 0 Å². The molecule has 4 nitrogen and oxygen atoms in total. The lowest BCUT2D eigenvalue weighted by molar-refractivity contribution is -0.146. The lowest BCUT2D eigenvalue weighted by Crippen LogP contribution is -2.48. The second-order valence-electron chi connectivity index (χ2n) is 6.09. The number of hydrogen-bond donors (Lipinski definition) is 1. The van der Waals surface area contributed by atoms with Crippen LogP contribution in [0.5, 0.6) is 0 Å². The molecule has 104 valence electrons. The smallest absolute Gasteiger partial charge is 0.251 e. The van der Waals surface area contributed by atoms with Crippen molar-refractivity contribution < 1.29 is 9.53 Å². The van der Waals surface area contributed by atoms with E-state index in [1.54, 1.807) is 0 Å². The van der Waals surface area contributed by atoms with Gasteiger partial charge in [-0.05, 0) is 37.5 Å². The van der Waals surface area contributed by atoms with Crippen molar-refractivity contribution in [2.45, 2.75) is 58.2 Å². The molecule has 2 aliphatic rings. The standard InChI is InChI=1S/C14H26N2O2/c1-3-14(2)7-4-8-16(10-14)13(17)12-6-5-11(9-15)18-12/h11-12H,3-10,15H2,1-2H3/t11-,12+,14?/m1/s1. The molecule has 3 atom stereocenters. The van der Waals surface area contributed by atoms with E-state index in [0.29, 0.717) is 12.0 Å². The number of rotatable bonds is 3. The molecule has 0 aromatic rings. The Labute approximate surface area is 110 Å². The predicted octanol–water partition coefficient (Wildman–Crippen LogP) is 1.53. The van der Waals surface area contributed by atoms with Crippen molar-refractivity contribution in [3.8, 4) is 0 Å². The zero-order valence-corrected chi connectivity index (χ0v) is 11.7. The molecule has 0 spiro atoms. The molecule has 0 radical (unpaired) electrons. The van der Waals surface area contributed by atoms with Gasteiger partial charge in [0.15, 0.2) is 0 Å². The molecule has 0 saturated carbocycles. The van der Waals surface area contributed by atoms with Crippen LogP contribution >= 0.6 is 0 Å². The molecular weight excluding hydrogens is 228 g/mol. The van der Waals surface area contributed by atoms with E-state index >= 15 is 0 Å². The number of likely N-dealkylation sites (tertiary alicyclic amines) is 1. The Balaban J connectivity index is 1.93. The maximum absolute atomic E-state index is 12.4. The lowest BCUT2D eigenvalue weighted by Gasteiger charge is -2.40. The van der Waals surface area contributed by atoms with Crippen molar-refractivity contribution in [1.29, 1.82) is 0 Å². The van der Waals surface area contributed by atoms with E-state index in [4.69, 9.17) is 10.5 Å². The van der Waals surface area contributed by atoms with Crippen molar-refractivity contribution in [2.24, 2.45) is 11.1 Å². The fraction of sp³-hybridized carbons (Fsp3) is 0.929. The van der Waals surface area contributed by atoms with Gasteiger partial charge in [-0.1, -0.05) is 13.8 Å². The third-order valence-corrected chi connectivity index (χ3v) is 4.59. The van der Waals surface area contributed by atoms with E-state index in [2.05, 4.69) is 13.8 Å². The van der Waals surface area contributed by atoms with Gasteiger partial charge in [-0.25, -0.2) is 0 Å². The Bertz CT molecular complexity index is 308. The molecule has 2 heterocycles. The molecule has 2 aliphatic heterocycles. The van der Waals surface area contributed by atoms with Crippen LogP contribution in [-0.2, 0) is 9.53 Å². The van der Waals surface area contributed by atoms with Crippen LogP contribution in [0.1, 0.15) is 46.0 Å². The third-order valence-electron chi connectivity index (χ3n) is 4.59. The van der Waals surface area contributed by atoms with Crippen LogP contribution in [0.4, 0.5) is 0 Å². The summed E-state index contributed by atoms with van der Waals surface area (Å²) in [6, 6.07) is 0. The van der Waals surface area contributed by atoms with E-state index in [-0.39, 0.29) is 18.1 Å². The lowest BCUT2D eigenvalue weighted by atomic mass is 9.79. The normalized spacial score (nSPS) is 36.9. The van der Waals surface area contributed by atoms with Crippen LogP contribution < -0.4 is 5.73 Å². The Morgan fingerprint density at radius 2 is 2.28 bits per heavy atom. The van der Waals surface area contributed by atoms with E-state index in [9.17, 15) is 4.79 Å². The van der Waals surface area contributed by atoms with Crippen LogP contribution in [0.15, 0.2) is 0 Å². The summed E-state index contributed by atoms with van der Waals surface area (Å²) in [7, 11) is 0. The molecular formula is C14H26N2O2. The van der Waals surface area contributed by atoms with Gasteiger partial charge in [-0.3, -0.25) is 4.79 Å². The van der Waals surface area contributed by atoms with Gasteiger partial charge in [0.2, 0.25) is 0 Å². The zero-order valence-electron chi connectivity index (χ0n) is 11.7. The number of piperidine rings is 1. The number of carbonyl (C=O) groups excluding carboxylic acids is 1. The number of carbonyl (C=O) groups is 1. The van der Waals surface area contributed by atoms with Crippen molar-refractivity contribution in [3.63, 3.8) is 0 Å². The van der Waals surface area contributed by atoms with Crippen molar-refractivity contribution >= 4 is 5.91 Å². The van der Waals surface area contributed by atoms with E-state index in [1.165, 1.54) is 6.42 Å². The Morgan fingerprint density at radius 3 is 2.89 bits per heavy atom. The SMILES string of the molecule is CCC1(C)CCCN(C(=O)[C@@H]2CC[C@H](CN)O2)C1. The highest BCUT2D eigenvalue weighted by molar-refractivity contribution is 5.81. The summed E-state index contributed by atoms with van der Waals surface area (Å²) in [6.07, 6.45) is 5.08. The highest BCUT2D eigenvalue weighted by Crippen LogP contribution is 2.33. The molecule has 0 aromatic carbocycles. The fourth-order valence-electron chi connectivity index (χ4n) is 3.06. The minimum absolute atomic E-state index is 0.0845.